The van der Waals surface area contributed by atoms with Gasteiger partial charge in [0.15, 0.2) is 0 Å². The van der Waals surface area contributed by atoms with Crippen LogP contribution in [0, 0.1) is 6.92 Å². The fourth-order valence-electron chi connectivity index (χ4n) is 1.58. The number of methoxy groups -OCH3 is 1. The molecule has 0 fully saturated rings. The van der Waals surface area contributed by atoms with E-state index >= 15 is 0 Å². The van der Waals surface area contributed by atoms with Gasteiger partial charge in [0.05, 0.1) is 12.3 Å². The highest BCUT2D eigenvalue weighted by Crippen LogP contribution is 2.19. The summed E-state index contributed by atoms with van der Waals surface area (Å²) in [5.74, 6) is 0.501. The van der Waals surface area contributed by atoms with E-state index in [1.54, 1.807) is 19.5 Å². The van der Waals surface area contributed by atoms with Gasteiger partial charge >= 0.3 is 0 Å². The number of rotatable bonds is 3. The van der Waals surface area contributed by atoms with Gasteiger partial charge in [-0.25, -0.2) is 4.98 Å². The van der Waals surface area contributed by atoms with E-state index in [1.165, 1.54) is 0 Å². The summed E-state index contributed by atoms with van der Waals surface area (Å²) in [6, 6.07) is 1.87. The van der Waals surface area contributed by atoms with Crippen molar-refractivity contribution in [2.75, 3.05) is 7.11 Å². The lowest BCUT2D eigenvalue weighted by molar-refractivity contribution is 0.180. The predicted octanol–water partition coefficient (Wildman–Crippen LogP) is 2.05. The van der Waals surface area contributed by atoms with Crippen LogP contribution in [0.25, 0.3) is 11.4 Å². The average molecular weight is 310 g/mol. The molecule has 5 nitrogen and oxygen atoms in total. The molecule has 0 bridgehead atoms. The molecular formula is C12H12BrN3O2. The molecule has 0 spiro atoms. The van der Waals surface area contributed by atoms with Gasteiger partial charge in [0.2, 0.25) is 0 Å². The molecule has 0 atom stereocenters. The molecule has 2 aromatic rings. The molecule has 2 heterocycles. The molecule has 1 N–H and O–H groups in total. The third-order valence-electron chi connectivity index (χ3n) is 2.51. The lowest BCUT2D eigenvalue weighted by Gasteiger charge is -2.07. The van der Waals surface area contributed by atoms with Gasteiger partial charge < -0.3 is 9.72 Å². The SMILES string of the molecule is COCc1nc(-c2cnccc2C)[nH]c(=O)c1Br. The maximum absolute atomic E-state index is 11.8. The third-order valence-corrected chi connectivity index (χ3v) is 3.32. The molecule has 94 valence electrons. The Labute approximate surface area is 112 Å². The molecule has 0 aliphatic rings. The van der Waals surface area contributed by atoms with Crippen LogP contribution < -0.4 is 5.56 Å². The Hall–Kier alpha value is -1.53. The minimum absolute atomic E-state index is 0.227. The molecular weight excluding hydrogens is 298 g/mol. The lowest BCUT2D eigenvalue weighted by atomic mass is 10.1. The Bertz CT molecular complexity index is 625. The standard InChI is InChI=1S/C12H12BrN3O2/c1-7-3-4-14-5-8(7)11-15-9(6-18-2)10(13)12(17)16-11/h3-5H,6H2,1-2H3,(H,15,16,17). The first-order valence-corrected chi connectivity index (χ1v) is 6.11. The molecule has 0 aliphatic carbocycles. The molecule has 0 amide bonds. The van der Waals surface area contributed by atoms with Gasteiger partial charge in [0.25, 0.3) is 5.56 Å². The van der Waals surface area contributed by atoms with Crippen LogP contribution in [0.1, 0.15) is 11.3 Å². The summed E-state index contributed by atoms with van der Waals surface area (Å²) in [5, 5.41) is 0. The number of aromatic amines is 1. The van der Waals surface area contributed by atoms with E-state index in [2.05, 4.69) is 30.9 Å². The number of hydrogen-bond acceptors (Lipinski definition) is 4. The fraction of sp³-hybridized carbons (Fsp3) is 0.250. The van der Waals surface area contributed by atoms with E-state index in [0.29, 0.717) is 16.0 Å². The highest BCUT2D eigenvalue weighted by molar-refractivity contribution is 9.10. The Morgan fingerprint density at radius 1 is 1.50 bits per heavy atom. The number of H-pyrrole nitrogens is 1. The molecule has 2 aromatic heterocycles. The van der Waals surface area contributed by atoms with Gasteiger partial charge in [-0.05, 0) is 34.5 Å². The van der Waals surface area contributed by atoms with Crippen LogP contribution in [0.2, 0.25) is 0 Å². The number of aromatic nitrogens is 3. The molecule has 18 heavy (non-hydrogen) atoms. The molecule has 0 aliphatic heterocycles. The smallest absolute Gasteiger partial charge is 0.265 e. The minimum Gasteiger partial charge on any atom is -0.378 e. The molecule has 0 saturated heterocycles. The zero-order chi connectivity index (χ0) is 13.1. The molecule has 0 radical (unpaired) electrons. The van der Waals surface area contributed by atoms with Crippen molar-refractivity contribution in [3.63, 3.8) is 0 Å². The largest absolute Gasteiger partial charge is 0.378 e. The Balaban J connectivity index is 2.59. The lowest BCUT2D eigenvalue weighted by Crippen LogP contribution is -2.14. The summed E-state index contributed by atoms with van der Waals surface area (Å²) in [7, 11) is 1.56. The van der Waals surface area contributed by atoms with Crippen molar-refractivity contribution in [3.8, 4) is 11.4 Å². The Morgan fingerprint density at radius 3 is 2.94 bits per heavy atom. The maximum Gasteiger partial charge on any atom is 0.265 e. The molecule has 0 aromatic carbocycles. The van der Waals surface area contributed by atoms with E-state index in [1.807, 2.05) is 13.0 Å². The average Bonchev–Trinajstić information content (AvgIpc) is 2.35. The normalized spacial score (nSPS) is 10.6. The maximum atomic E-state index is 11.8. The van der Waals surface area contributed by atoms with Gasteiger partial charge in [-0.1, -0.05) is 0 Å². The van der Waals surface area contributed by atoms with Crippen molar-refractivity contribution in [3.05, 3.63) is 44.5 Å². The highest BCUT2D eigenvalue weighted by Gasteiger charge is 2.11. The van der Waals surface area contributed by atoms with Crippen LogP contribution >= 0.6 is 15.9 Å². The monoisotopic (exact) mass is 309 g/mol. The van der Waals surface area contributed by atoms with E-state index in [4.69, 9.17) is 4.74 Å². The Morgan fingerprint density at radius 2 is 2.28 bits per heavy atom. The summed E-state index contributed by atoms with van der Waals surface area (Å²) in [6.45, 7) is 2.21. The molecule has 0 saturated carbocycles. The summed E-state index contributed by atoms with van der Waals surface area (Å²) in [6.07, 6.45) is 3.38. The van der Waals surface area contributed by atoms with E-state index < -0.39 is 0 Å². The van der Waals surface area contributed by atoms with Gasteiger partial charge in [-0.3, -0.25) is 9.78 Å². The number of aryl methyl sites for hydroxylation is 1. The van der Waals surface area contributed by atoms with Crippen LogP contribution in [-0.2, 0) is 11.3 Å². The third kappa shape index (κ3) is 2.49. The number of ether oxygens (including phenoxy) is 1. The fourth-order valence-corrected chi connectivity index (χ4v) is 1.88. The Kier molecular flexibility index (Phi) is 3.88. The van der Waals surface area contributed by atoms with Gasteiger partial charge in [0, 0.05) is 25.1 Å². The number of nitrogens with zero attached hydrogens (tertiary/aromatic N) is 2. The molecule has 0 unspecified atom stereocenters. The zero-order valence-electron chi connectivity index (χ0n) is 10.0. The summed E-state index contributed by atoms with van der Waals surface area (Å²) in [5.41, 5.74) is 2.15. The summed E-state index contributed by atoms with van der Waals surface area (Å²) >= 11 is 3.20. The second-order valence-corrected chi connectivity index (χ2v) is 4.59. The number of nitrogens with one attached hydrogen (secondary N) is 1. The molecule has 6 heteroatoms. The van der Waals surface area contributed by atoms with Crippen molar-refractivity contribution in [1.29, 1.82) is 0 Å². The second kappa shape index (κ2) is 5.41. The van der Waals surface area contributed by atoms with Crippen molar-refractivity contribution in [2.24, 2.45) is 0 Å². The van der Waals surface area contributed by atoms with Crippen LogP contribution in [0.3, 0.4) is 0 Å². The topological polar surface area (TPSA) is 67.9 Å². The quantitative estimate of drug-likeness (QED) is 0.942. The van der Waals surface area contributed by atoms with Crippen molar-refractivity contribution < 1.29 is 4.74 Å². The van der Waals surface area contributed by atoms with Crippen LogP contribution in [0.15, 0.2) is 27.7 Å². The van der Waals surface area contributed by atoms with E-state index in [-0.39, 0.29) is 12.2 Å². The van der Waals surface area contributed by atoms with Crippen molar-refractivity contribution in [2.45, 2.75) is 13.5 Å². The first-order chi connectivity index (χ1) is 8.63. The van der Waals surface area contributed by atoms with E-state index in [0.717, 1.165) is 11.1 Å². The summed E-state index contributed by atoms with van der Waals surface area (Å²) < 4.78 is 5.42. The van der Waals surface area contributed by atoms with Gasteiger partial charge in [-0.2, -0.15) is 0 Å². The van der Waals surface area contributed by atoms with Crippen molar-refractivity contribution in [1.82, 2.24) is 15.0 Å². The number of halogens is 1. The van der Waals surface area contributed by atoms with Gasteiger partial charge in [-0.15, -0.1) is 0 Å². The van der Waals surface area contributed by atoms with Crippen LogP contribution in [-0.4, -0.2) is 22.1 Å². The highest BCUT2D eigenvalue weighted by atomic mass is 79.9. The van der Waals surface area contributed by atoms with Gasteiger partial charge in [0.1, 0.15) is 10.3 Å². The summed E-state index contributed by atoms with van der Waals surface area (Å²) in [4.78, 5) is 23.0. The minimum atomic E-state index is -0.227. The first-order valence-electron chi connectivity index (χ1n) is 5.32. The van der Waals surface area contributed by atoms with E-state index in [9.17, 15) is 4.79 Å². The van der Waals surface area contributed by atoms with Crippen molar-refractivity contribution >= 4 is 15.9 Å². The zero-order valence-corrected chi connectivity index (χ0v) is 11.6. The van der Waals surface area contributed by atoms with Crippen LogP contribution in [0.5, 0.6) is 0 Å². The predicted molar refractivity (Wildman–Crippen MR) is 71.2 cm³/mol. The number of hydrogen-bond donors (Lipinski definition) is 1. The second-order valence-electron chi connectivity index (χ2n) is 3.80. The number of pyridine rings is 1. The molecule has 2 rings (SSSR count). The van der Waals surface area contributed by atoms with Crippen LogP contribution in [0.4, 0.5) is 0 Å². The first kappa shape index (κ1) is 12.9.